The quantitative estimate of drug-likeness (QED) is 0.441. The molecule has 1 aromatic carbocycles. The van der Waals surface area contributed by atoms with Gasteiger partial charge in [0.05, 0.1) is 18.2 Å². The maximum absolute atomic E-state index is 11.6. The monoisotopic (exact) mass is 389 g/mol. The Balaban J connectivity index is 1.73. The second-order valence-corrected chi connectivity index (χ2v) is 6.39. The number of hydrogen-bond donors (Lipinski definition) is 2. The van der Waals surface area contributed by atoms with Crippen LogP contribution in [0.25, 0.3) is 11.1 Å². The van der Waals surface area contributed by atoms with Crippen molar-refractivity contribution in [1.29, 1.82) is 5.41 Å². The number of carbonyl (C=O) groups excluding carboxylic acids is 1. The predicted molar refractivity (Wildman–Crippen MR) is 102 cm³/mol. The third kappa shape index (κ3) is 4.93. The van der Waals surface area contributed by atoms with Crippen molar-refractivity contribution in [2.75, 3.05) is 31.2 Å². The zero-order valence-electron chi connectivity index (χ0n) is 14.7. The summed E-state index contributed by atoms with van der Waals surface area (Å²) in [6, 6.07) is 5.46. The highest BCUT2D eigenvalue weighted by Gasteiger charge is 2.15. The standard InChI is InChI=1S/C18H20ClN5O3/c19-17-12(11-27-16(25)8-15(20)21)2-1-3-14(17)13-9-22-18(23-10-13)24-4-6-26-7-5-24/h1-3,9-10H,4-8,11H2,(H3,20,21). The number of nitrogens with zero attached hydrogens (tertiary/aromatic N) is 3. The lowest BCUT2D eigenvalue weighted by Crippen LogP contribution is -2.37. The molecule has 0 aliphatic carbocycles. The Bertz CT molecular complexity index is 822. The molecule has 0 bridgehead atoms. The molecule has 0 atom stereocenters. The molecule has 27 heavy (non-hydrogen) atoms. The van der Waals surface area contributed by atoms with Gasteiger partial charge in [0.15, 0.2) is 0 Å². The molecule has 1 fully saturated rings. The normalized spacial score (nSPS) is 14.0. The van der Waals surface area contributed by atoms with Crippen LogP contribution in [0.5, 0.6) is 0 Å². The molecule has 9 heteroatoms. The maximum Gasteiger partial charge on any atom is 0.313 e. The molecule has 0 radical (unpaired) electrons. The van der Waals surface area contributed by atoms with Gasteiger partial charge in [-0.25, -0.2) is 9.97 Å². The summed E-state index contributed by atoms with van der Waals surface area (Å²) < 4.78 is 10.4. The summed E-state index contributed by atoms with van der Waals surface area (Å²) in [5, 5.41) is 7.58. The van der Waals surface area contributed by atoms with E-state index >= 15 is 0 Å². The summed E-state index contributed by atoms with van der Waals surface area (Å²) in [5.74, 6) is -0.146. The van der Waals surface area contributed by atoms with E-state index in [1.807, 2.05) is 12.1 Å². The Morgan fingerprint density at radius 1 is 1.30 bits per heavy atom. The number of carbonyl (C=O) groups is 1. The smallest absolute Gasteiger partial charge is 0.313 e. The first kappa shape index (κ1) is 19.1. The molecule has 3 rings (SSSR count). The van der Waals surface area contributed by atoms with Gasteiger partial charge in [-0.05, 0) is 0 Å². The Hall–Kier alpha value is -2.71. The molecule has 8 nitrogen and oxygen atoms in total. The number of hydrogen-bond acceptors (Lipinski definition) is 7. The van der Waals surface area contributed by atoms with Gasteiger partial charge in [-0.2, -0.15) is 0 Å². The van der Waals surface area contributed by atoms with Gasteiger partial charge in [0.2, 0.25) is 5.95 Å². The van der Waals surface area contributed by atoms with Gasteiger partial charge in [0, 0.05) is 42.2 Å². The minimum absolute atomic E-state index is 0.00546. The molecule has 2 aromatic rings. The summed E-state index contributed by atoms with van der Waals surface area (Å²) in [6.45, 7) is 2.87. The molecule has 3 N–H and O–H groups in total. The summed E-state index contributed by atoms with van der Waals surface area (Å²) in [6.07, 6.45) is 3.21. The van der Waals surface area contributed by atoms with Crippen LogP contribution in [0.2, 0.25) is 5.02 Å². The van der Waals surface area contributed by atoms with E-state index in [0.717, 1.165) is 24.2 Å². The number of amidine groups is 1. The molecule has 1 saturated heterocycles. The Morgan fingerprint density at radius 3 is 2.67 bits per heavy atom. The van der Waals surface area contributed by atoms with E-state index in [1.165, 1.54) is 0 Å². The Labute approximate surface area is 161 Å². The van der Waals surface area contributed by atoms with Gasteiger partial charge >= 0.3 is 5.97 Å². The van der Waals surface area contributed by atoms with Gasteiger partial charge in [0.25, 0.3) is 0 Å². The van der Waals surface area contributed by atoms with E-state index in [4.69, 9.17) is 32.2 Å². The van der Waals surface area contributed by atoms with Crippen LogP contribution in [0.1, 0.15) is 12.0 Å². The van der Waals surface area contributed by atoms with E-state index in [0.29, 0.717) is 29.7 Å². The van der Waals surface area contributed by atoms with E-state index in [-0.39, 0.29) is 18.9 Å². The van der Waals surface area contributed by atoms with Crippen LogP contribution in [0.3, 0.4) is 0 Å². The minimum Gasteiger partial charge on any atom is -0.460 e. The van der Waals surface area contributed by atoms with Crippen molar-refractivity contribution in [3.63, 3.8) is 0 Å². The van der Waals surface area contributed by atoms with Crippen molar-refractivity contribution in [3.05, 3.63) is 41.2 Å². The zero-order valence-corrected chi connectivity index (χ0v) is 15.4. The number of esters is 1. The molecule has 0 unspecified atom stereocenters. The zero-order chi connectivity index (χ0) is 19.2. The van der Waals surface area contributed by atoms with Crippen LogP contribution in [0.15, 0.2) is 30.6 Å². The number of halogens is 1. The summed E-state index contributed by atoms with van der Waals surface area (Å²) in [5.41, 5.74) is 7.37. The summed E-state index contributed by atoms with van der Waals surface area (Å²) in [4.78, 5) is 22.5. The molecule has 1 aliphatic heterocycles. The van der Waals surface area contributed by atoms with Crippen molar-refractivity contribution in [2.24, 2.45) is 5.73 Å². The third-order valence-corrected chi connectivity index (χ3v) is 4.49. The first-order chi connectivity index (χ1) is 13.0. The van der Waals surface area contributed by atoms with E-state index in [2.05, 4.69) is 14.9 Å². The number of nitrogens with one attached hydrogen (secondary N) is 1. The number of ether oxygens (including phenoxy) is 2. The molecule has 1 aromatic heterocycles. The topological polar surface area (TPSA) is 114 Å². The van der Waals surface area contributed by atoms with Crippen LogP contribution < -0.4 is 10.6 Å². The first-order valence-electron chi connectivity index (χ1n) is 8.45. The Morgan fingerprint density at radius 2 is 2.00 bits per heavy atom. The van der Waals surface area contributed by atoms with E-state index in [9.17, 15) is 4.79 Å². The van der Waals surface area contributed by atoms with E-state index in [1.54, 1.807) is 18.5 Å². The summed E-state index contributed by atoms with van der Waals surface area (Å²) >= 11 is 6.48. The van der Waals surface area contributed by atoms with Crippen LogP contribution in [0.4, 0.5) is 5.95 Å². The molecule has 0 saturated carbocycles. The fraction of sp³-hybridized carbons (Fsp3) is 0.333. The first-order valence-corrected chi connectivity index (χ1v) is 8.83. The molecule has 2 heterocycles. The van der Waals surface area contributed by atoms with E-state index < -0.39 is 5.97 Å². The SMILES string of the molecule is N=C(N)CC(=O)OCc1cccc(-c2cnc(N3CCOCC3)nc2)c1Cl. The number of nitrogens with two attached hydrogens (primary N) is 1. The van der Waals surface area contributed by atoms with Crippen LogP contribution in [-0.2, 0) is 20.9 Å². The highest BCUT2D eigenvalue weighted by molar-refractivity contribution is 6.34. The third-order valence-electron chi connectivity index (χ3n) is 4.05. The fourth-order valence-corrected chi connectivity index (χ4v) is 2.96. The van der Waals surface area contributed by atoms with Crippen molar-refractivity contribution in [3.8, 4) is 11.1 Å². The predicted octanol–water partition coefficient (Wildman–Crippen LogP) is 2.00. The maximum atomic E-state index is 11.6. The second kappa shape index (κ2) is 8.79. The van der Waals surface area contributed by atoms with Crippen molar-refractivity contribution < 1.29 is 14.3 Å². The molecule has 0 spiro atoms. The van der Waals surface area contributed by atoms with Crippen molar-refractivity contribution in [1.82, 2.24) is 9.97 Å². The van der Waals surface area contributed by atoms with Gasteiger partial charge in [-0.3, -0.25) is 10.2 Å². The summed E-state index contributed by atoms with van der Waals surface area (Å²) in [7, 11) is 0. The van der Waals surface area contributed by atoms with Gasteiger partial charge in [-0.1, -0.05) is 29.8 Å². The van der Waals surface area contributed by atoms with Crippen LogP contribution >= 0.6 is 11.6 Å². The van der Waals surface area contributed by atoms with Crippen LogP contribution in [-0.4, -0.2) is 48.1 Å². The molecule has 1 aliphatic rings. The Kier molecular flexibility index (Phi) is 6.20. The van der Waals surface area contributed by atoms with Crippen molar-refractivity contribution in [2.45, 2.75) is 13.0 Å². The number of anilines is 1. The lowest BCUT2D eigenvalue weighted by Gasteiger charge is -2.26. The molecule has 0 amide bonds. The largest absolute Gasteiger partial charge is 0.460 e. The molecular formula is C18H20ClN5O3. The second-order valence-electron chi connectivity index (χ2n) is 6.01. The van der Waals surface area contributed by atoms with Gasteiger partial charge in [-0.15, -0.1) is 0 Å². The number of morpholine rings is 1. The average molecular weight is 390 g/mol. The van der Waals surface area contributed by atoms with Crippen LogP contribution in [0, 0.1) is 5.41 Å². The number of rotatable bonds is 6. The molecular weight excluding hydrogens is 370 g/mol. The highest BCUT2D eigenvalue weighted by Crippen LogP contribution is 2.31. The van der Waals surface area contributed by atoms with Gasteiger partial charge < -0.3 is 20.1 Å². The number of aromatic nitrogens is 2. The average Bonchev–Trinajstić information content (AvgIpc) is 2.67. The van der Waals surface area contributed by atoms with Crippen molar-refractivity contribution >= 4 is 29.4 Å². The lowest BCUT2D eigenvalue weighted by atomic mass is 10.1. The number of benzene rings is 1. The minimum atomic E-state index is -0.567. The lowest BCUT2D eigenvalue weighted by molar-refractivity contribution is -0.143. The molecule has 142 valence electrons. The van der Waals surface area contributed by atoms with Gasteiger partial charge in [0.1, 0.15) is 18.9 Å². The fourth-order valence-electron chi connectivity index (χ4n) is 2.67. The highest BCUT2D eigenvalue weighted by atomic mass is 35.5.